The molecule has 140 valence electrons. The largest absolute Gasteiger partial charge is 0.368 e. The molecular weight excluding hydrogens is 366 g/mol. The van der Waals surface area contributed by atoms with Crippen molar-refractivity contribution in [2.45, 2.75) is 20.4 Å². The molecule has 0 unspecified atom stereocenters. The lowest BCUT2D eigenvalue weighted by Gasteiger charge is -2.36. The standard InChI is InChI=1S/C19H20ClN5O2/c1-13-14(2)22-25(19(27)17(13)11-21)12-18(26)24-8-6-23(7-9-24)16-5-3-4-15(20)10-16/h3-5,10H,6-9,12H2,1-2H3. The molecule has 1 aliphatic heterocycles. The van der Waals surface area contributed by atoms with Crippen molar-refractivity contribution in [1.29, 1.82) is 5.26 Å². The minimum atomic E-state index is -0.522. The van der Waals surface area contributed by atoms with Crippen molar-refractivity contribution >= 4 is 23.2 Å². The molecule has 1 amide bonds. The van der Waals surface area contributed by atoms with Gasteiger partial charge in [0.1, 0.15) is 18.2 Å². The van der Waals surface area contributed by atoms with E-state index in [1.165, 1.54) is 0 Å². The number of hydrogen-bond donors (Lipinski definition) is 0. The van der Waals surface area contributed by atoms with E-state index in [-0.39, 0.29) is 18.0 Å². The quantitative estimate of drug-likeness (QED) is 0.803. The number of nitrogens with zero attached hydrogens (tertiary/aromatic N) is 5. The summed E-state index contributed by atoms with van der Waals surface area (Å²) in [6.45, 7) is 5.72. The van der Waals surface area contributed by atoms with Crippen molar-refractivity contribution in [2.24, 2.45) is 0 Å². The summed E-state index contributed by atoms with van der Waals surface area (Å²) in [5.41, 5.74) is 1.68. The summed E-state index contributed by atoms with van der Waals surface area (Å²) in [7, 11) is 0. The van der Waals surface area contributed by atoms with Gasteiger partial charge in [0, 0.05) is 36.9 Å². The average Bonchev–Trinajstić information content (AvgIpc) is 2.66. The van der Waals surface area contributed by atoms with Gasteiger partial charge in [0.15, 0.2) is 0 Å². The molecule has 7 nitrogen and oxygen atoms in total. The van der Waals surface area contributed by atoms with Gasteiger partial charge in [-0.05, 0) is 37.6 Å². The van der Waals surface area contributed by atoms with Gasteiger partial charge in [0.05, 0.1) is 5.69 Å². The molecule has 8 heteroatoms. The fraction of sp³-hybridized carbons (Fsp3) is 0.368. The third kappa shape index (κ3) is 3.96. The second-order valence-corrected chi connectivity index (χ2v) is 6.94. The number of aromatic nitrogens is 2. The zero-order valence-electron chi connectivity index (χ0n) is 15.3. The van der Waals surface area contributed by atoms with Crippen molar-refractivity contribution in [3.05, 3.63) is 56.5 Å². The third-order valence-corrected chi connectivity index (χ3v) is 5.07. The number of rotatable bonds is 3. The van der Waals surface area contributed by atoms with Gasteiger partial charge in [-0.3, -0.25) is 9.59 Å². The van der Waals surface area contributed by atoms with E-state index in [0.29, 0.717) is 42.5 Å². The number of piperazine rings is 1. The van der Waals surface area contributed by atoms with Crippen LogP contribution in [0.4, 0.5) is 5.69 Å². The van der Waals surface area contributed by atoms with E-state index in [9.17, 15) is 14.9 Å². The second kappa shape index (κ2) is 7.80. The highest BCUT2D eigenvalue weighted by molar-refractivity contribution is 6.30. The highest BCUT2D eigenvalue weighted by Crippen LogP contribution is 2.20. The molecule has 1 aromatic heterocycles. The first-order valence-corrected chi connectivity index (χ1v) is 9.05. The number of halogens is 1. The molecular formula is C19H20ClN5O2. The number of carbonyl (C=O) groups excluding carboxylic acids is 1. The molecule has 3 rings (SSSR count). The summed E-state index contributed by atoms with van der Waals surface area (Å²) in [5, 5.41) is 14.0. The molecule has 0 bridgehead atoms. The topological polar surface area (TPSA) is 82.2 Å². The van der Waals surface area contributed by atoms with Gasteiger partial charge in [-0.25, -0.2) is 4.68 Å². The van der Waals surface area contributed by atoms with Gasteiger partial charge < -0.3 is 9.80 Å². The normalized spacial score (nSPS) is 14.1. The van der Waals surface area contributed by atoms with Crippen LogP contribution in [0.3, 0.4) is 0 Å². The smallest absolute Gasteiger partial charge is 0.285 e. The molecule has 0 radical (unpaired) electrons. The number of amides is 1. The van der Waals surface area contributed by atoms with E-state index in [2.05, 4.69) is 10.00 Å². The lowest BCUT2D eigenvalue weighted by molar-refractivity contribution is -0.132. The lowest BCUT2D eigenvalue weighted by atomic mass is 10.1. The van der Waals surface area contributed by atoms with Crippen molar-refractivity contribution < 1.29 is 4.79 Å². The summed E-state index contributed by atoms with van der Waals surface area (Å²) in [6, 6.07) is 9.54. The van der Waals surface area contributed by atoms with E-state index in [4.69, 9.17) is 11.6 Å². The number of benzene rings is 1. The lowest BCUT2D eigenvalue weighted by Crippen LogP contribution is -2.50. The summed E-state index contributed by atoms with van der Waals surface area (Å²) < 4.78 is 1.09. The predicted molar refractivity (Wildman–Crippen MR) is 103 cm³/mol. The molecule has 1 aromatic carbocycles. The van der Waals surface area contributed by atoms with Crippen LogP contribution in [0.15, 0.2) is 29.1 Å². The Balaban J connectivity index is 1.68. The number of hydrogen-bond acceptors (Lipinski definition) is 5. The molecule has 0 aliphatic carbocycles. The van der Waals surface area contributed by atoms with E-state index >= 15 is 0 Å². The van der Waals surface area contributed by atoms with Crippen LogP contribution in [-0.2, 0) is 11.3 Å². The van der Waals surface area contributed by atoms with Crippen LogP contribution in [0.2, 0.25) is 5.02 Å². The van der Waals surface area contributed by atoms with Gasteiger partial charge in [0.2, 0.25) is 5.91 Å². The van der Waals surface area contributed by atoms with Crippen LogP contribution >= 0.6 is 11.6 Å². The molecule has 2 aromatic rings. The molecule has 0 atom stereocenters. The van der Waals surface area contributed by atoms with Crippen LogP contribution in [0, 0.1) is 25.2 Å². The second-order valence-electron chi connectivity index (χ2n) is 6.51. The summed E-state index contributed by atoms with van der Waals surface area (Å²) in [5.74, 6) is -0.178. The molecule has 2 heterocycles. The Kier molecular flexibility index (Phi) is 5.47. The Morgan fingerprint density at radius 1 is 1.26 bits per heavy atom. The Bertz CT molecular complexity index is 971. The minimum absolute atomic E-state index is 0.0427. The van der Waals surface area contributed by atoms with E-state index in [1.54, 1.807) is 18.7 Å². The van der Waals surface area contributed by atoms with Crippen LogP contribution in [0.25, 0.3) is 0 Å². The number of anilines is 1. The van der Waals surface area contributed by atoms with Crippen LogP contribution in [0.1, 0.15) is 16.8 Å². The SMILES string of the molecule is Cc1nn(CC(=O)N2CCN(c3cccc(Cl)c3)CC2)c(=O)c(C#N)c1C. The summed E-state index contributed by atoms with van der Waals surface area (Å²) in [6.07, 6.45) is 0. The number of aryl methyl sites for hydroxylation is 1. The fourth-order valence-electron chi connectivity index (χ4n) is 3.13. The van der Waals surface area contributed by atoms with Gasteiger partial charge >= 0.3 is 0 Å². The molecule has 0 N–H and O–H groups in total. The van der Waals surface area contributed by atoms with Gasteiger partial charge in [0.25, 0.3) is 5.56 Å². The fourth-order valence-corrected chi connectivity index (χ4v) is 3.31. The van der Waals surface area contributed by atoms with Crippen molar-refractivity contribution in [1.82, 2.24) is 14.7 Å². The molecule has 0 spiro atoms. The zero-order chi connectivity index (χ0) is 19.6. The highest BCUT2D eigenvalue weighted by Gasteiger charge is 2.23. The average molecular weight is 386 g/mol. The minimum Gasteiger partial charge on any atom is -0.368 e. The van der Waals surface area contributed by atoms with E-state index < -0.39 is 5.56 Å². The molecule has 1 saturated heterocycles. The maximum atomic E-state index is 12.6. The summed E-state index contributed by atoms with van der Waals surface area (Å²) >= 11 is 6.04. The number of nitriles is 1. The predicted octanol–water partition coefficient (Wildman–Crippen LogP) is 1.73. The Hall–Kier alpha value is -2.85. The highest BCUT2D eigenvalue weighted by atomic mass is 35.5. The first kappa shape index (κ1) is 18.9. The van der Waals surface area contributed by atoms with Crippen molar-refractivity contribution in [3.63, 3.8) is 0 Å². The van der Waals surface area contributed by atoms with E-state index in [1.807, 2.05) is 30.3 Å². The van der Waals surface area contributed by atoms with Crippen LogP contribution < -0.4 is 10.5 Å². The monoisotopic (exact) mass is 385 g/mol. The molecule has 1 fully saturated rings. The van der Waals surface area contributed by atoms with Crippen LogP contribution in [0.5, 0.6) is 0 Å². The van der Waals surface area contributed by atoms with Crippen molar-refractivity contribution in [3.8, 4) is 6.07 Å². The summed E-state index contributed by atoms with van der Waals surface area (Å²) in [4.78, 5) is 28.9. The van der Waals surface area contributed by atoms with E-state index in [0.717, 1.165) is 10.4 Å². The van der Waals surface area contributed by atoms with Gasteiger partial charge in [-0.2, -0.15) is 10.4 Å². The van der Waals surface area contributed by atoms with Crippen molar-refractivity contribution in [2.75, 3.05) is 31.1 Å². The zero-order valence-corrected chi connectivity index (χ0v) is 16.0. The first-order valence-electron chi connectivity index (χ1n) is 8.67. The van der Waals surface area contributed by atoms with Gasteiger partial charge in [-0.15, -0.1) is 0 Å². The molecule has 27 heavy (non-hydrogen) atoms. The molecule has 0 saturated carbocycles. The third-order valence-electron chi connectivity index (χ3n) is 4.84. The molecule has 1 aliphatic rings. The Morgan fingerprint density at radius 3 is 2.59 bits per heavy atom. The Morgan fingerprint density at radius 2 is 1.96 bits per heavy atom. The Labute approximate surface area is 162 Å². The van der Waals surface area contributed by atoms with Gasteiger partial charge in [-0.1, -0.05) is 17.7 Å². The van der Waals surface area contributed by atoms with Crippen LogP contribution in [-0.4, -0.2) is 46.8 Å². The maximum absolute atomic E-state index is 12.6. The maximum Gasteiger partial charge on any atom is 0.285 e. The first-order chi connectivity index (χ1) is 12.9. The number of carbonyl (C=O) groups is 1.